The molecular formula is C31H45N3O5. The summed E-state index contributed by atoms with van der Waals surface area (Å²) in [5, 5.41) is 26.3. The number of phenolic OH excluding ortho intramolecular Hbond substituents is 1. The minimum atomic E-state index is -1.63. The fraction of sp³-hybridized carbons (Fsp3) is 0.387. The van der Waals surface area contributed by atoms with Crippen molar-refractivity contribution >= 4 is 17.7 Å². The summed E-state index contributed by atoms with van der Waals surface area (Å²) < 4.78 is 0. The predicted molar refractivity (Wildman–Crippen MR) is 158 cm³/mol. The quantitative estimate of drug-likeness (QED) is 0.302. The van der Waals surface area contributed by atoms with Gasteiger partial charge in [0.2, 0.25) is 5.91 Å². The molecular weight excluding hydrogens is 494 g/mol. The van der Waals surface area contributed by atoms with Gasteiger partial charge in [-0.25, -0.2) is 0 Å². The zero-order valence-electron chi connectivity index (χ0n) is 23.9. The molecule has 2 aromatic rings. The standard InChI is InChI=1S/C26H31N3O5.C3H8.C2H6/c1-4-14-27-23(31)17-29(15-5-2)26(34)24(32)21(16-19-10-7-6-8-11-19)28-25(33)20-12-9-13-22(30)18(20)3;1-3-2;1-2/h4-13,21,24,30,32H,1-2,14-17H2,3H3,(H,27,31)(H,28,33);3H2,1-2H3;1-2H3. The van der Waals surface area contributed by atoms with Crippen LogP contribution in [0.2, 0.25) is 0 Å². The van der Waals surface area contributed by atoms with Gasteiger partial charge in [0.15, 0.2) is 6.10 Å². The smallest absolute Gasteiger partial charge is 0.254 e. The van der Waals surface area contributed by atoms with Crippen molar-refractivity contribution in [1.82, 2.24) is 15.5 Å². The van der Waals surface area contributed by atoms with Gasteiger partial charge >= 0.3 is 0 Å². The molecule has 8 heteroatoms. The van der Waals surface area contributed by atoms with E-state index >= 15 is 0 Å². The number of benzene rings is 2. The van der Waals surface area contributed by atoms with Crippen molar-refractivity contribution in [2.24, 2.45) is 0 Å². The zero-order valence-corrected chi connectivity index (χ0v) is 23.9. The number of amides is 3. The van der Waals surface area contributed by atoms with Gasteiger partial charge in [-0.15, -0.1) is 13.2 Å². The van der Waals surface area contributed by atoms with Gasteiger partial charge in [0, 0.05) is 24.2 Å². The topological polar surface area (TPSA) is 119 Å². The van der Waals surface area contributed by atoms with Crippen LogP contribution in [0.4, 0.5) is 0 Å². The van der Waals surface area contributed by atoms with Crippen LogP contribution in [-0.2, 0) is 16.0 Å². The summed E-state index contributed by atoms with van der Waals surface area (Å²) >= 11 is 0. The number of nitrogens with zero attached hydrogens (tertiary/aromatic N) is 1. The maximum Gasteiger partial charge on any atom is 0.254 e. The molecule has 0 bridgehead atoms. The Hall–Kier alpha value is -3.91. The molecule has 8 nitrogen and oxygen atoms in total. The Labute approximate surface area is 233 Å². The highest BCUT2D eigenvalue weighted by atomic mass is 16.3. The number of hydrogen-bond acceptors (Lipinski definition) is 5. The monoisotopic (exact) mass is 539 g/mol. The fourth-order valence-electron chi connectivity index (χ4n) is 3.39. The van der Waals surface area contributed by atoms with E-state index < -0.39 is 29.9 Å². The van der Waals surface area contributed by atoms with E-state index in [0.29, 0.717) is 5.56 Å². The zero-order chi connectivity index (χ0) is 29.8. The number of aromatic hydroxyl groups is 1. The van der Waals surface area contributed by atoms with E-state index in [1.54, 1.807) is 19.1 Å². The van der Waals surface area contributed by atoms with Gasteiger partial charge in [0.25, 0.3) is 11.8 Å². The second kappa shape index (κ2) is 20.1. The van der Waals surface area contributed by atoms with Gasteiger partial charge in [0.1, 0.15) is 5.75 Å². The van der Waals surface area contributed by atoms with Crippen LogP contribution in [0, 0.1) is 6.92 Å². The lowest BCUT2D eigenvalue weighted by Crippen LogP contribution is -2.54. The van der Waals surface area contributed by atoms with Crippen molar-refractivity contribution < 1.29 is 24.6 Å². The maximum atomic E-state index is 13.1. The molecule has 39 heavy (non-hydrogen) atoms. The molecule has 0 aliphatic carbocycles. The highest BCUT2D eigenvalue weighted by Crippen LogP contribution is 2.20. The van der Waals surface area contributed by atoms with Crippen LogP contribution in [0.15, 0.2) is 73.8 Å². The van der Waals surface area contributed by atoms with Crippen LogP contribution in [0.25, 0.3) is 0 Å². The lowest BCUT2D eigenvalue weighted by Gasteiger charge is -2.29. The molecule has 4 N–H and O–H groups in total. The van der Waals surface area contributed by atoms with Gasteiger partial charge in [-0.3, -0.25) is 14.4 Å². The van der Waals surface area contributed by atoms with Crippen LogP contribution >= 0.6 is 0 Å². The first-order valence-electron chi connectivity index (χ1n) is 13.3. The highest BCUT2D eigenvalue weighted by molar-refractivity contribution is 5.97. The molecule has 214 valence electrons. The van der Waals surface area contributed by atoms with Crippen LogP contribution < -0.4 is 10.6 Å². The summed E-state index contributed by atoms with van der Waals surface area (Å²) in [6, 6.07) is 12.7. The number of nitrogens with one attached hydrogen (secondary N) is 2. The average molecular weight is 540 g/mol. The van der Waals surface area contributed by atoms with Gasteiger partial charge in [-0.2, -0.15) is 0 Å². The second-order valence-electron chi connectivity index (χ2n) is 8.47. The number of carbonyl (C=O) groups is 3. The van der Waals surface area contributed by atoms with E-state index in [9.17, 15) is 24.6 Å². The first kappa shape index (κ1) is 35.1. The van der Waals surface area contributed by atoms with Gasteiger partial charge < -0.3 is 25.7 Å². The maximum absolute atomic E-state index is 13.1. The lowest BCUT2D eigenvalue weighted by atomic mass is 9.99. The third-order valence-corrected chi connectivity index (χ3v) is 5.24. The molecule has 2 unspecified atom stereocenters. The Kier molecular flexibility index (Phi) is 18.1. The Bertz CT molecular complexity index is 1040. The van der Waals surface area contributed by atoms with E-state index in [2.05, 4.69) is 37.6 Å². The molecule has 3 amide bonds. The predicted octanol–water partition coefficient (Wildman–Crippen LogP) is 4.16. The number of aliphatic hydroxyl groups excluding tert-OH is 1. The molecule has 2 aromatic carbocycles. The minimum absolute atomic E-state index is 0.0356. The Morgan fingerprint density at radius 2 is 1.62 bits per heavy atom. The van der Waals surface area contributed by atoms with E-state index in [-0.39, 0.29) is 37.4 Å². The molecule has 0 spiro atoms. The number of carbonyl (C=O) groups excluding carboxylic acids is 3. The largest absolute Gasteiger partial charge is 0.508 e. The normalized spacial score (nSPS) is 11.2. The van der Waals surface area contributed by atoms with E-state index in [4.69, 9.17) is 0 Å². The van der Waals surface area contributed by atoms with Gasteiger partial charge in [-0.05, 0) is 31.0 Å². The van der Waals surface area contributed by atoms with E-state index in [1.165, 1.54) is 29.5 Å². The third-order valence-electron chi connectivity index (χ3n) is 5.24. The van der Waals surface area contributed by atoms with Crippen molar-refractivity contribution in [3.8, 4) is 5.75 Å². The summed E-state index contributed by atoms with van der Waals surface area (Å²) in [4.78, 5) is 39.5. The molecule has 0 heterocycles. The summed E-state index contributed by atoms with van der Waals surface area (Å²) in [5.74, 6) is -1.71. The Morgan fingerprint density at radius 1 is 1.00 bits per heavy atom. The molecule has 2 atom stereocenters. The van der Waals surface area contributed by atoms with Crippen LogP contribution in [-0.4, -0.2) is 64.6 Å². The van der Waals surface area contributed by atoms with Crippen molar-refractivity contribution in [3.63, 3.8) is 0 Å². The number of hydrogen-bond donors (Lipinski definition) is 4. The van der Waals surface area contributed by atoms with Crippen molar-refractivity contribution in [2.45, 2.75) is 59.6 Å². The second-order valence-corrected chi connectivity index (χ2v) is 8.47. The van der Waals surface area contributed by atoms with Crippen LogP contribution in [0.3, 0.4) is 0 Å². The lowest BCUT2D eigenvalue weighted by molar-refractivity contribution is -0.143. The van der Waals surface area contributed by atoms with E-state index in [1.807, 2.05) is 44.2 Å². The summed E-state index contributed by atoms with van der Waals surface area (Å²) in [7, 11) is 0. The molecule has 2 rings (SSSR count). The fourth-order valence-corrected chi connectivity index (χ4v) is 3.39. The number of aliphatic hydroxyl groups is 1. The summed E-state index contributed by atoms with van der Waals surface area (Å²) in [5.41, 5.74) is 1.40. The first-order chi connectivity index (χ1) is 18.7. The molecule has 0 saturated carbocycles. The molecule has 0 fully saturated rings. The van der Waals surface area contributed by atoms with E-state index in [0.717, 1.165) is 5.56 Å². The Balaban J connectivity index is 0.00000269. The third kappa shape index (κ3) is 12.5. The molecule has 0 aromatic heterocycles. The van der Waals surface area contributed by atoms with Gasteiger partial charge in [-0.1, -0.05) is 82.7 Å². The Morgan fingerprint density at radius 3 is 2.18 bits per heavy atom. The number of phenols is 1. The van der Waals surface area contributed by atoms with Crippen LogP contribution in [0.1, 0.15) is 55.6 Å². The molecule has 0 aliphatic rings. The average Bonchev–Trinajstić information content (AvgIpc) is 2.94. The van der Waals surface area contributed by atoms with Crippen molar-refractivity contribution in [3.05, 3.63) is 90.5 Å². The SMILES string of the molecule is C=CCNC(=O)CN(CC=C)C(=O)C(O)C(Cc1ccccc1)NC(=O)c1cccc(O)c1C.CC.CCC. The summed E-state index contributed by atoms with van der Waals surface area (Å²) in [6.07, 6.45) is 2.75. The van der Waals surface area contributed by atoms with Crippen LogP contribution in [0.5, 0.6) is 5.75 Å². The van der Waals surface area contributed by atoms with Gasteiger partial charge in [0.05, 0.1) is 12.6 Å². The molecule has 0 aliphatic heterocycles. The molecule has 0 saturated heterocycles. The summed E-state index contributed by atoms with van der Waals surface area (Å²) in [6.45, 7) is 17.0. The number of rotatable bonds is 12. The highest BCUT2D eigenvalue weighted by Gasteiger charge is 2.32. The first-order valence-corrected chi connectivity index (χ1v) is 13.3. The minimum Gasteiger partial charge on any atom is -0.508 e. The van der Waals surface area contributed by atoms with Crippen molar-refractivity contribution in [1.29, 1.82) is 0 Å². The van der Waals surface area contributed by atoms with Crippen molar-refractivity contribution in [2.75, 3.05) is 19.6 Å². The molecule has 0 radical (unpaired) electrons.